The summed E-state index contributed by atoms with van der Waals surface area (Å²) >= 11 is 1.51. The molecule has 0 aliphatic heterocycles. The van der Waals surface area contributed by atoms with E-state index in [-0.39, 0.29) is 5.69 Å². The topological polar surface area (TPSA) is 100 Å². The maximum absolute atomic E-state index is 11.4. The minimum Gasteiger partial charge on any atom is -0.480 e. The average Bonchev–Trinajstić information content (AvgIpc) is 2.78. The first-order valence-electron chi connectivity index (χ1n) is 6.65. The lowest BCUT2D eigenvalue weighted by Gasteiger charge is -2.23. The molecule has 1 aromatic heterocycles. The fourth-order valence-corrected chi connectivity index (χ4v) is 2.78. The highest BCUT2D eigenvalue weighted by Crippen LogP contribution is 2.18. The number of carbonyl (C=O) groups is 1. The first-order valence-corrected chi connectivity index (χ1v) is 7.63. The van der Waals surface area contributed by atoms with Gasteiger partial charge in [0.1, 0.15) is 5.54 Å². The molecule has 0 saturated carbocycles. The molecular weight excluding hydrogens is 280 g/mol. The van der Waals surface area contributed by atoms with E-state index in [1.54, 1.807) is 18.5 Å². The Morgan fingerprint density at radius 3 is 2.80 bits per heavy atom. The lowest BCUT2D eigenvalue weighted by Crippen LogP contribution is -2.47. The van der Waals surface area contributed by atoms with Gasteiger partial charge in [-0.3, -0.25) is 9.36 Å². The van der Waals surface area contributed by atoms with Crippen LogP contribution in [0.5, 0.6) is 0 Å². The summed E-state index contributed by atoms with van der Waals surface area (Å²) in [5, 5.41) is 19.0. The second kappa shape index (κ2) is 7.49. The van der Waals surface area contributed by atoms with Gasteiger partial charge in [-0.1, -0.05) is 18.2 Å². The molecule has 7 nitrogen and oxygen atoms in total. The molecule has 0 radical (unpaired) electrons. The summed E-state index contributed by atoms with van der Waals surface area (Å²) in [5.41, 5.74) is -1.06. The minimum atomic E-state index is -0.873. The van der Waals surface area contributed by atoms with Crippen LogP contribution in [-0.2, 0) is 11.3 Å². The van der Waals surface area contributed by atoms with Crippen LogP contribution in [-0.4, -0.2) is 44.2 Å². The Morgan fingerprint density at radius 1 is 1.55 bits per heavy atom. The summed E-state index contributed by atoms with van der Waals surface area (Å²) in [6, 6.07) is 0. The zero-order valence-electron chi connectivity index (χ0n) is 12.1. The fraction of sp³-hybridized carbons (Fsp3) is 0.750. The minimum absolute atomic E-state index is 0.191. The Hall–Kier alpha value is -1.28. The zero-order chi connectivity index (χ0) is 15.2. The molecule has 1 heterocycles. The van der Waals surface area contributed by atoms with E-state index < -0.39 is 11.5 Å². The van der Waals surface area contributed by atoms with Crippen molar-refractivity contribution < 1.29 is 9.90 Å². The lowest BCUT2D eigenvalue weighted by molar-refractivity contribution is -0.144. The van der Waals surface area contributed by atoms with Crippen molar-refractivity contribution in [2.75, 3.05) is 12.8 Å². The number of nitrogens with one attached hydrogen (secondary N) is 2. The smallest absolute Gasteiger partial charge is 0.343 e. The number of unbranched alkanes of at least 4 members (excludes halogenated alkanes) is 1. The highest BCUT2D eigenvalue weighted by Gasteiger charge is 2.30. The summed E-state index contributed by atoms with van der Waals surface area (Å²) in [4.78, 5) is 22.5. The van der Waals surface area contributed by atoms with Crippen molar-refractivity contribution in [3.63, 3.8) is 0 Å². The molecule has 0 fully saturated rings. The largest absolute Gasteiger partial charge is 0.480 e. The van der Waals surface area contributed by atoms with Crippen molar-refractivity contribution in [2.24, 2.45) is 0 Å². The second-order valence-corrected chi connectivity index (χ2v) is 5.81. The van der Waals surface area contributed by atoms with Gasteiger partial charge in [-0.05, 0) is 33.7 Å². The van der Waals surface area contributed by atoms with Gasteiger partial charge in [-0.25, -0.2) is 9.89 Å². The van der Waals surface area contributed by atoms with Crippen LogP contribution in [0.2, 0.25) is 0 Å². The normalized spacial score (nSPS) is 14.2. The number of rotatable bonds is 9. The van der Waals surface area contributed by atoms with E-state index in [1.165, 1.54) is 11.8 Å². The number of H-pyrrole nitrogens is 1. The molecule has 1 unspecified atom stereocenters. The van der Waals surface area contributed by atoms with E-state index >= 15 is 0 Å². The number of nitrogens with zero attached hydrogens (tertiary/aromatic N) is 2. The van der Waals surface area contributed by atoms with Gasteiger partial charge < -0.3 is 10.4 Å². The zero-order valence-corrected chi connectivity index (χ0v) is 12.9. The Kier molecular flexibility index (Phi) is 6.28. The van der Waals surface area contributed by atoms with Crippen molar-refractivity contribution in [1.82, 2.24) is 20.1 Å². The van der Waals surface area contributed by atoms with Crippen molar-refractivity contribution in [2.45, 2.75) is 50.4 Å². The number of aliphatic carboxylic acids is 1. The van der Waals surface area contributed by atoms with Gasteiger partial charge in [0.15, 0.2) is 5.16 Å². The first kappa shape index (κ1) is 16.8. The van der Waals surface area contributed by atoms with E-state index in [1.807, 2.05) is 6.92 Å². The van der Waals surface area contributed by atoms with E-state index in [4.69, 9.17) is 5.11 Å². The predicted octanol–water partition coefficient (Wildman–Crippen LogP) is 0.916. The van der Waals surface area contributed by atoms with Crippen molar-refractivity contribution in [3.8, 4) is 0 Å². The van der Waals surface area contributed by atoms with Crippen LogP contribution in [0.3, 0.4) is 0 Å². The van der Waals surface area contributed by atoms with Gasteiger partial charge in [0.05, 0.1) is 0 Å². The van der Waals surface area contributed by atoms with Gasteiger partial charge in [0.25, 0.3) is 0 Å². The third-order valence-corrected chi connectivity index (χ3v) is 4.43. The first-order chi connectivity index (χ1) is 9.44. The van der Waals surface area contributed by atoms with Crippen molar-refractivity contribution >= 4 is 17.7 Å². The highest BCUT2D eigenvalue weighted by molar-refractivity contribution is 7.99. The predicted molar refractivity (Wildman–Crippen MR) is 78.2 cm³/mol. The van der Waals surface area contributed by atoms with Crippen LogP contribution >= 0.6 is 11.8 Å². The molecule has 3 N–H and O–H groups in total. The summed E-state index contributed by atoms with van der Waals surface area (Å²) in [6.07, 6.45) is 2.25. The molecule has 114 valence electrons. The number of carboxylic acid groups (broad SMARTS) is 1. The summed E-state index contributed by atoms with van der Waals surface area (Å²) in [7, 11) is 1.66. The number of aromatic nitrogens is 3. The molecule has 0 aromatic carbocycles. The Bertz CT molecular complexity index is 499. The van der Waals surface area contributed by atoms with Crippen molar-refractivity contribution in [1.29, 1.82) is 0 Å². The standard InChI is InChI=1S/C12H22N4O3S/c1-4-16-10(19)14-15-11(16)20-8-6-5-7-12(2,13-3)9(17)18/h13H,4-8H2,1-3H3,(H,14,19)(H,17,18). The maximum Gasteiger partial charge on any atom is 0.343 e. The molecule has 1 atom stereocenters. The Labute approximate surface area is 122 Å². The molecule has 0 saturated heterocycles. The SMILES string of the molecule is CCn1c(SCCCCC(C)(NC)C(=O)O)n[nH]c1=O. The number of hydrogen-bond donors (Lipinski definition) is 3. The van der Waals surface area contributed by atoms with Crippen LogP contribution in [0.4, 0.5) is 0 Å². The summed E-state index contributed by atoms with van der Waals surface area (Å²) in [6.45, 7) is 4.17. The van der Waals surface area contributed by atoms with Gasteiger partial charge in [-0.2, -0.15) is 0 Å². The Morgan fingerprint density at radius 2 is 2.25 bits per heavy atom. The molecule has 20 heavy (non-hydrogen) atoms. The van der Waals surface area contributed by atoms with E-state index in [2.05, 4.69) is 15.5 Å². The third-order valence-electron chi connectivity index (χ3n) is 3.37. The molecule has 0 spiro atoms. The van der Waals surface area contributed by atoms with Gasteiger partial charge in [0.2, 0.25) is 0 Å². The Balaban J connectivity index is 2.35. The van der Waals surface area contributed by atoms with E-state index in [9.17, 15) is 9.59 Å². The molecule has 0 aliphatic rings. The molecule has 0 bridgehead atoms. The van der Waals surface area contributed by atoms with E-state index in [0.29, 0.717) is 18.1 Å². The molecule has 0 amide bonds. The number of thioether (sulfide) groups is 1. The third kappa shape index (κ3) is 4.11. The molecule has 0 aliphatic carbocycles. The number of likely N-dealkylation sites (N-methyl/N-ethyl adjacent to an activating group) is 1. The molecule has 1 rings (SSSR count). The second-order valence-electron chi connectivity index (χ2n) is 4.75. The van der Waals surface area contributed by atoms with Crippen LogP contribution in [0.25, 0.3) is 0 Å². The van der Waals surface area contributed by atoms with Gasteiger partial charge in [0, 0.05) is 12.3 Å². The lowest BCUT2D eigenvalue weighted by atomic mass is 9.95. The van der Waals surface area contributed by atoms with E-state index in [0.717, 1.165) is 18.6 Å². The molecule has 8 heteroatoms. The van der Waals surface area contributed by atoms with Crippen LogP contribution in [0, 0.1) is 0 Å². The van der Waals surface area contributed by atoms with Gasteiger partial charge in [-0.15, -0.1) is 5.10 Å². The quantitative estimate of drug-likeness (QED) is 0.463. The van der Waals surface area contributed by atoms with Crippen molar-refractivity contribution in [3.05, 3.63) is 10.5 Å². The summed E-state index contributed by atoms with van der Waals surface area (Å²) in [5.74, 6) is -0.0243. The fourth-order valence-electron chi connectivity index (χ4n) is 1.78. The molecule has 1 aromatic rings. The van der Waals surface area contributed by atoms with Crippen LogP contribution < -0.4 is 11.0 Å². The average molecular weight is 302 g/mol. The molecular formula is C12H22N4O3S. The number of aromatic amines is 1. The highest BCUT2D eigenvalue weighted by atomic mass is 32.2. The number of hydrogen-bond acceptors (Lipinski definition) is 5. The maximum atomic E-state index is 11.4. The van der Waals surface area contributed by atoms with Crippen LogP contribution in [0.1, 0.15) is 33.1 Å². The summed E-state index contributed by atoms with van der Waals surface area (Å²) < 4.78 is 1.58. The van der Waals surface area contributed by atoms with Crippen LogP contribution in [0.15, 0.2) is 9.95 Å². The monoisotopic (exact) mass is 302 g/mol. The van der Waals surface area contributed by atoms with Gasteiger partial charge >= 0.3 is 11.7 Å². The number of carboxylic acids is 1.